The van der Waals surface area contributed by atoms with Crippen LogP contribution in [0.15, 0.2) is 0 Å². The smallest absolute Gasteiger partial charge is 0.0412 e. The molecule has 0 amide bonds. The molecule has 1 rings (SSSR count). The van der Waals surface area contributed by atoms with Crippen LogP contribution in [0.2, 0.25) is 0 Å². The predicted octanol–water partition coefficient (Wildman–Crippen LogP) is 5.67. The average molecular weight is 212 g/mol. The Morgan fingerprint density at radius 2 is 1.80 bits per heavy atom. The monoisotopic (exact) mass is 212 g/mol. The second-order valence-corrected chi connectivity index (χ2v) is 5.46. The van der Waals surface area contributed by atoms with E-state index < -0.39 is 0 Å². The normalized spacial score (nSPS) is 26.0. The van der Waals surface area contributed by atoms with Crippen molar-refractivity contribution in [2.24, 2.45) is 17.8 Å². The van der Waals surface area contributed by atoms with E-state index in [-0.39, 0.29) is 0 Å². The fourth-order valence-electron chi connectivity index (χ4n) is 2.64. The van der Waals surface area contributed by atoms with Crippen LogP contribution in [0.4, 0.5) is 0 Å². The molecule has 15 heavy (non-hydrogen) atoms. The first-order valence-corrected chi connectivity index (χ1v) is 7.18. The van der Waals surface area contributed by atoms with Crippen molar-refractivity contribution in [2.75, 3.05) is 0 Å². The summed E-state index contributed by atoms with van der Waals surface area (Å²) >= 11 is 0. The molecular formula is C15H32. The molecule has 0 aromatic heterocycles. The molecule has 0 aliphatic heterocycles. The fourth-order valence-corrected chi connectivity index (χ4v) is 2.64. The summed E-state index contributed by atoms with van der Waals surface area (Å²) in [5.41, 5.74) is 0. The second-order valence-electron chi connectivity index (χ2n) is 5.46. The van der Waals surface area contributed by atoms with Gasteiger partial charge in [0.1, 0.15) is 0 Å². The van der Waals surface area contributed by atoms with Gasteiger partial charge in [-0.1, -0.05) is 73.1 Å². The van der Waals surface area contributed by atoms with E-state index in [2.05, 4.69) is 20.8 Å². The molecule has 0 aromatic rings. The van der Waals surface area contributed by atoms with Crippen LogP contribution in [0.1, 0.15) is 79.6 Å². The molecule has 1 aliphatic carbocycles. The van der Waals surface area contributed by atoms with Crippen LogP contribution in [-0.2, 0) is 0 Å². The van der Waals surface area contributed by atoms with Gasteiger partial charge in [-0.05, 0) is 24.2 Å². The molecule has 1 aliphatic rings. The Balaban J connectivity index is 0.000000921. The summed E-state index contributed by atoms with van der Waals surface area (Å²) in [5, 5.41) is 0. The van der Waals surface area contributed by atoms with Gasteiger partial charge in [0.05, 0.1) is 0 Å². The molecule has 2 unspecified atom stereocenters. The van der Waals surface area contributed by atoms with Crippen LogP contribution in [-0.4, -0.2) is 0 Å². The van der Waals surface area contributed by atoms with E-state index in [0.29, 0.717) is 0 Å². The van der Waals surface area contributed by atoms with E-state index in [1.165, 1.54) is 44.9 Å². The highest BCUT2D eigenvalue weighted by Gasteiger charge is 2.18. The minimum atomic E-state index is 0.904. The van der Waals surface area contributed by atoms with Gasteiger partial charge in [0.25, 0.3) is 0 Å². The molecule has 0 nitrogen and oxygen atoms in total. The summed E-state index contributed by atoms with van der Waals surface area (Å²) in [4.78, 5) is 0. The molecule has 0 spiro atoms. The maximum atomic E-state index is 2.43. The van der Waals surface area contributed by atoms with Crippen molar-refractivity contribution < 1.29 is 0 Å². The molecule has 0 bridgehead atoms. The Bertz CT molecular complexity index is 126. The third kappa shape index (κ3) is 7.88. The van der Waals surface area contributed by atoms with Gasteiger partial charge in [-0.15, -0.1) is 0 Å². The molecule has 0 heterocycles. The summed E-state index contributed by atoms with van der Waals surface area (Å²) < 4.78 is 0. The largest absolute Gasteiger partial charge is 0.0683 e. The third-order valence-electron chi connectivity index (χ3n) is 3.44. The highest BCUT2D eigenvalue weighted by molar-refractivity contribution is 4.70. The van der Waals surface area contributed by atoms with E-state index in [9.17, 15) is 0 Å². The van der Waals surface area contributed by atoms with Crippen LogP contribution in [0.3, 0.4) is 0 Å². The van der Waals surface area contributed by atoms with Crippen molar-refractivity contribution in [1.82, 2.24) is 0 Å². The zero-order valence-electron chi connectivity index (χ0n) is 11.7. The Labute approximate surface area is 97.8 Å². The quantitative estimate of drug-likeness (QED) is 0.563. The SMILES string of the molecule is CC.CC(C)CCCC1CCCC(C)C1. The predicted molar refractivity (Wildman–Crippen MR) is 71.2 cm³/mol. The highest BCUT2D eigenvalue weighted by Crippen LogP contribution is 2.32. The fraction of sp³-hybridized carbons (Fsp3) is 1.00. The van der Waals surface area contributed by atoms with Crippen molar-refractivity contribution in [3.8, 4) is 0 Å². The lowest BCUT2D eigenvalue weighted by Crippen LogP contribution is -2.13. The lowest BCUT2D eigenvalue weighted by Gasteiger charge is -2.26. The zero-order chi connectivity index (χ0) is 11.7. The summed E-state index contributed by atoms with van der Waals surface area (Å²) in [6, 6.07) is 0. The molecule has 0 aromatic carbocycles. The zero-order valence-corrected chi connectivity index (χ0v) is 11.7. The Kier molecular flexibility index (Phi) is 9.24. The molecule has 1 fully saturated rings. The van der Waals surface area contributed by atoms with Gasteiger partial charge in [-0.3, -0.25) is 0 Å². The van der Waals surface area contributed by atoms with Crippen molar-refractivity contribution in [2.45, 2.75) is 79.6 Å². The van der Waals surface area contributed by atoms with Gasteiger partial charge in [0, 0.05) is 0 Å². The Morgan fingerprint density at radius 1 is 1.13 bits per heavy atom. The van der Waals surface area contributed by atoms with Gasteiger partial charge in [0.15, 0.2) is 0 Å². The van der Waals surface area contributed by atoms with Crippen LogP contribution < -0.4 is 0 Å². The van der Waals surface area contributed by atoms with Gasteiger partial charge < -0.3 is 0 Å². The molecule has 0 N–H and O–H groups in total. The van der Waals surface area contributed by atoms with Gasteiger partial charge >= 0.3 is 0 Å². The van der Waals surface area contributed by atoms with E-state index >= 15 is 0 Å². The molecule has 0 saturated heterocycles. The third-order valence-corrected chi connectivity index (χ3v) is 3.44. The summed E-state index contributed by atoms with van der Waals surface area (Å²) in [6.07, 6.45) is 10.4. The van der Waals surface area contributed by atoms with Crippen molar-refractivity contribution >= 4 is 0 Å². The first-order chi connectivity index (χ1) is 7.18. The molecule has 1 saturated carbocycles. The Morgan fingerprint density at radius 3 is 2.33 bits per heavy atom. The molecule has 0 radical (unpaired) electrons. The van der Waals surface area contributed by atoms with E-state index in [1.54, 1.807) is 0 Å². The van der Waals surface area contributed by atoms with E-state index in [1.807, 2.05) is 13.8 Å². The van der Waals surface area contributed by atoms with Gasteiger partial charge in [0.2, 0.25) is 0 Å². The molecule has 92 valence electrons. The average Bonchev–Trinajstić information content (AvgIpc) is 2.20. The van der Waals surface area contributed by atoms with Crippen LogP contribution >= 0.6 is 0 Å². The van der Waals surface area contributed by atoms with Gasteiger partial charge in [-0.25, -0.2) is 0 Å². The van der Waals surface area contributed by atoms with Crippen molar-refractivity contribution in [3.05, 3.63) is 0 Å². The van der Waals surface area contributed by atoms with E-state index in [0.717, 1.165) is 17.8 Å². The summed E-state index contributed by atoms with van der Waals surface area (Å²) in [6.45, 7) is 11.1. The highest BCUT2D eigenvalue weighted by atomic mass is 14.2. The lowest BCUT2D eigenvalue weighted by atomic mass is 9.80. The topological polar surface area (TPSA) is 0 Å². The first-order valence-electron chi connectivity index (χ1n) is 7.18. The Hall–Kier alpha value is 0. The maximum absolute atomic E-state index is 2.43. The van der Waals surface area contributed by atoms with Crippen LogP contribution in [0.5, 0.6) is 0 Å². The van der Waals surface area contributed by atoms with Crippen molar-refractivity contribution in [3.63, 3.8) is 0 Å². The minimum Gasteiger partial charge on any atom is -0.0683 e. The van der Waals surface area contributed by atoms with Crippen LogP contribution in [0, 0.1) is 17.8 Å². The second kappa shape index (κ2) is 9.24. The van der Waals surface area contributed by atoms with Crippen LogP contribution in [0.25, 0.3) is 0 Å². The number of rotatable bonds is 4. The number of hydrogen-bond donors (Lipinski definition) is 0. The van der Waals surface area contributed by atoms with Crippen molar-refractivity contribution in [1.29, 1.82) is 0 Å². The maximum Gasteiger partial charge on any atom is -0.0412 e. The summed E-state index contributed by atoms with van der Waals surface area (Å²) in [5.74, 6) is 2.99. The van der Waals surface area contributed by atoms with E-state index in [4.69, 9.17) is 0 Å². The number of hydrogen-bond acceptors (Lipinski definition) is 0. The first kappa shape index (κ1) is 15.0. The molecule has 2 atom stereocenters. The lowest BCUT2D eigenvalue weighted by molar-refractivity contribution is 0.261. The summed E-state index contributed by atoms with van der Waals surface area (Å²) in [7, 11) is 0. The standard InChI is InChI=1S/C13H26.C2H6/c1-11(2)6-4-8-13-9-5-7-12(3)10-13;1-2/h11-13H,4-10H2,1-3H3;1-2H3. The molecule has 0 heteroatoms. The molecular weight excluding hydrogens is 180 g/mol. The minimum absolute atomic E-state index is 0.904. The van der Waals surface area contributed by atoms with Gasteiger partial charge in [-0.2, -0.15) is 0 Å².